The first kappa shape index (κ1) is 57.1. The highest BCUT2D eigenvalue weighted by Crippen LogP contribution is 2.76. The van der Waals surface area contributed by atoms with Crippen molar-refractivity contribution in [1.29, 1.82) is 0 Å². The highest BCUT2D eigenvalue weighted by atomic mass is 16.8. The summed E-state index contributed by atoms with van der Waals surface area (Å²) in [5, 5.41) is 52.4. The van der Waals surface area contributed by atoms with Crippen molar-refractivity contribution in [3.05, 3.63) is 23.2 Å². The molecule has 11 rings (SSSR count). The fourth-order valence-corrected chi connectivity index (χ4v) is 16.1. The number of aliphatic hydroxyl groups excluding tert-OH is 5. The predicted octanol–water partition coefficient (Wildman–Crippen LogP) is 2.80. The van der Waals surface area contributed by atoms with Crippen LogP contribution in [0.3, 0.4) is 0 Å². The van der Waals surface area contributed by atoms with Crippen LogP contribution >= 0.6 is 0 Å². The van der Waals surface area contributed by atoms with Crippen molar-refractivity contribution < 1.29 is 106 Å². The van der Waals surface area contributed by atoms with Gasteiger partial charge in [0.15, 0.2) is 42.5 Å². The van der Waals surface area contributed by atoms with Gasteiger partial charge in [0.1, 0.15) is 66.8 Å². The minimum atomic E-state index is -1.66. The molecule has 0 aromatic rings. The van der Waals surface area contributed by atoms with Gasteiger partial charge in [-0.3, -0.25) is 0 Å². The molecule has 2 saturated carbocycles. The molecule has 0 unspecified atom stereocenters. The highest BCUT2D eigenvalue weighted by Gasteiger charge is 2.83. The molecule has 29 atom stereocenters. The first-order valence-corrected chi connectivity index (χ1v) is 28.2. The summed E-state index contributed by atoms with van der Waals surface area (Å²) in [7, 11) is 6.20. The van der Waals surface area contributed by atoms with Crippen LogP contribution in [0.25, 0.3) is 0 Å². The van der Waals surface area contributed by atoms with Crippen molar-refractivity contribution in [1.82, 2.24) is 0 Å². The number of hydrogen-bond acceptors (Lipinski definition) is 22. The van der Waals surface area contributed by atoms with Crippen LogP contribution < -0.4 is 0 Å². The molecule has 3 aliphatic carbocycles. The molecule has 22 heteroatoms. The lowest BCUT2D eigenvalue weighted by atomic mass is 9.48. The summed E-state index contributed by atoms with van der Waals surface area (Å²) in [6.07, 6.45) is -9.36. The maximum absolute atomic E-state index is 11.5. The minimum Gasteiger partial charge on any atom is -0.497 e. The van der Waals surface area contributed by atoms with Gasteiger partial charge in [0, 0.05) is 45.5 Å². The summed E-state index contributed by atoms with van der Waals surface area (Å²) in [6.45, 7) is 14.3. The van der Waals surface area contributed by atoms with Crippen LogP contribution in [-0.4, -0.2) is 214 Å². The SMILES string of the molecule is COC1=C(O[C@@H]2C[C@H](OC)[C@@H](O[C@H]3C[C@@H](OC)[C@H](O[C@@H]4O[C@H](C)[C@@H](O[C@@H]5O[C@H](CO)[C@H](O)[C@H](O)[C@H]5O)[C@H](OC)[C@H]4O)[C@@H](C)O3)[C@H](C)O2)[C@@H](C)O[C@@H](O[C@H]2CC[C@@]3(C)C(=CC[C@@H]4[C@@H]3CC[C@]3(C)[C@@H]5[C@H]6CO[C@]5(C)O[C@@]43O6)C2)C1. The van der Waals surface area contributed by atoms with Crippen molar-refractivity contribution in [3.8, 4) is 0 Å². The first-order valence-electron chi connectivity index (χ1n) is 28.2. The van der Waals surface area contributed by atoms with Crippen LogP contribution in [0.1, 0.15) is 106 Å². The van der Waals surface area contributed by atoms with Crippen LogP contribution in [0.2, 0.25) is 0 Å². The van der Waals surface area contributed by atoms with Gasteiger partial charge in [-0.05, 0) is 84.5 Å². The molecule has 22 nitrogen and oxygen atoms in total. The van der Waals surface area contributed by atoms with Gasteiger partial charge in [-0.1, -0.05) is 25.5 Å². The third-order valence-electron chi connectivity index (χ3n) is 20.0. The number of fused-ring (bicyclic) bond motifs is 3. The summed E-state index contributed by atoms with van der Waals surface area (Å²) in [4.78, 5) is 0. The second kappa shape index (κ2) is 21.8. The van der Waals surface area contributed by atoms with Gasteiger partial charge in [-0.2, -0.15) is 0 Å². The Morgan fingerprint density at radius 2 is 1.32 bits per heavy atom. The summed E-state index contributed by atoms with van der Waals surface area (Å²) >= 11 is 0. The molecule has 77 heavy (non-hydrogen) atoms. The topological polar surface area (TPSA) is 258 Å². The van der Waals surface area contributed by atoms with E-state index in [9.17, 15) is 25.5 Å². The summed E-state index contributed by atoms with van der Waals surface area (Å²) in [5.41, 5.74) is 1.48. The molecule has 0 spiro atoms. The maximum Gasteiger partial charge on any atom is 0.202 e. The van der Waals surface area contributed by atoms with Gasteiger partial charge in [-0.15, -0.1) is 0 Å². The van der Waals surface area contributed by atoms with Crippen molar-refractivity contribution >= 4 is 0 Å². The standard InChI is InChI=1S/C55H86O22/c1-24-44(32(61-8)19-37(66-24)70-29-14-16-52(5)28(18-29)12-13-31-30(52)15-17-53(6)49-36-23-65-54(49,7)77-55(31,53)76-36)72-38-20-33(62-9)45(25(2)67-38)73-39-21-34(63-10)46(26(3)68-39)74-51-43(60)48(64-11)47(27(4)69-51)75-50-42(59)41(58)40(57)35(22-56)71-50/h12,24-27,29-31,33-43,45-51,56-60H,13-23H2,1-11H3/t24-,25+,26-,27-,29+,30+,31-,33+,34-,35-,36-,37+,38-,39+,40+,41+,42-,43-,45+,46-,47-,48-,49+,50+,51+,52+,53-,54-,55+/m1/s1. The summed E-state index contributed by atoms with van der Waals surface area (Å²) in [6, 6.07) is 0. The molecule has 0 amide bonds. The largest absolute Gasteiger partial charge is 0.497 e. The Hall–Kier alpha value is -1.72. The van der Waals surface area contributed by atoms with Crippen LogP contribution in [0.5, 0.6) is 0 Å². The van der Waals surface area contributed by atoms with E-state index < -0.39 is 141 Å². The van der Waals surface area contributed by atoms with Gasteiger partial charge in [0.2, 0.25) is 6.29 Å². The van der Waals surface area contributed by atoms with Gasteiger partial charge < -0.3 is 106 Å². The van der Waals surface area contributed by atoms with Gasteiger partial charge in [0.25, 0.3) is 0 Å². The van der Waals surface area contributed by atoms with E-state index >= 15 is 0 Å². The third kappa shape index (κ3) is 9.58. The fourth-order valence-electron chi connectivity index (χ4n) is 16.1. The second-order valence-electron chi connectivity index (χ2n) is 24.3. The van der Waals surface area contributed by atoms with E-state index in [0.717, 1.165) is 38.5 Å². The number of aliphatic hydroxyl groups is 5. The average molecular weight is 1100 g/mol. The van der Waals surface area contributed by atoms with Crippen LogP contribution in [0.4, 0.5) is 0 Å². The molecule has 9 fully saturated rings. The predicted molar refractivity (Wildman–Crippen MR) is 263 cm³/mol. The van der Waals surface area contributed by atoms with Crippen molar-refractivity contribution in [2.24, 2.45) is 28.6 Å². The Bertz CT molecular complexity index is 2150. The Labute approximate surface area is 451 Å². The van der Waals surface area contributed by atoms with E-state index in [4.69, 9.17) is 80.5 Å². The van der Waals surface area contributed by atoms with Gasteiger partial charge >= 0.3 is 0 Å². The molecule has 5 N–H and O–H groups in total. The Balaban J connectivity index is 0.671. The van der Waals surface area contributed by atoms with Gasteiger partial charge in [-0.25, -0.2) is 0 Å². The number of ether oxygens (including phenoxy) is 17. The molecule has 438 valence electrons. The number of methoxy groups -OCH3 is 4. The van der Waals surface area contributed by atoms with E-state index in [0.29, 0.717) is 36.9 Å². The zero-order valence-corrected chi connectivity index (χ0v) is 46.5. The van der Waals surface area contributed by atoms with Crippen LogP contribution in [0.15, 0.2) is 23.2 Å². The van der Waals surface area contributed by atoms with Gasteiger partial charge in [0.05, 0.1) is 75.4 Å². The molecule has 8 aliphatic heterocycles. The van der Waals surface area contributed by atoms with Crippen molar-refractivity contribution in [2.45, 2.75) is 253 Å². The monoisotopic (exact) mass is 1100 g/mol. The normalized spacial score (nSPS) is 54.3. The van der Waals surface area contributed by atoms with Crippen molar-refractivity contribution in [3.63, 3.8) is 0 Å². The molecular formula is C55H86O22. The summed E-state index contributed by atoms with van der Waals surface area (Å²) < 4.78 is 107. The Morgan fingerprint density at radius 1 is 0.649 bits per heavy atom. The minimum absolute atomic E-state index is 0.00229. The number of rotatable bonds is 15. The first-order chi connectivity index (χ1) is 36.7. The van der Waals surface area contributed by atoms with E-state index in [2.05, 4.69) is 26.8 Å². The Morgan fingerprint density at radius 3 is 2.01 bits per heavy atom. The van der Waals surface area contributed by atoms with Crippen LogP contribution in [0, 0.1) is 28.6 Å². The number of hydrogen-bond donors (Lipinski definition) is 5. The average Bonchev–Trinajstić information content (AvgIpc) is 3.94. The van der Waals surface area contributed by atoms with E-state index in [-0.39, 0.29) is 41.3 Å². The lowest BCUT2D eigenvalue weighted by molar-refractivity contribution is -0.373. The maximum atomic E-state index is 11.5. The molecule has 7 saturated heterocycles. The molecule has 8 heterocycles. The summed E-state index contributed by atoms with van der Waals surface area (Å²) in [5.74, 6) is 1.06. The molecule has 2 bridgehead atoms. The molecule has 0 radical (unpaired) electrons. The lowest BCUT2D eigenvalue weighted by Gasteiger charge is -2.59. The van der Waals surface area contributed by atoms with Crippen LogP contribution in [-0.2, 0) is 80.5 Å². The quantitative estimate of drug-likeness (QED) is 0.148. The molecule has 0 aromatic carbocycles. The molecule has 0 aromatic heterocycles. The van der Waals surface area contributed by atoms with E-state index in [1.165, 1.54) is 12.7 Å². The Kier molecular flexibility index (Phi) is 16.2. The third-order valence-corrected chi connectivity index (χ3v) is 20.0. The van der Waals surface area contributed by atoms with E-state index in [1.54, 1.807) is 28.3 Å². The number of allylic oxidation sites excluding steroid dienone is 1. The lowest BCUT2D eigenvalue weighted by Crippen LogP contribution is -2.65. The zero-order chi connectivity index (χ0) is 54.7. The molecular weight excluding hydrogens is 1010 g/mol. The highest BCUT2D eigenvalue weighted by molar-refractivity contribution is 5.30. The fraction of sp³-hybridized carbons (Fsp3) is 0.927. The molecule has 11 aliphatic rings. The smallest absolute Gasteiger partial charge is 0.202 e. The second-order valence-corrected chi connectivity index (χ2v) is 24.3. The van der Waals surface area contributed by atoms with E-state index in [1.807, 2.05) is 20.8 Å². The zero-order valence-electron chi connectivity index (χ0n) is 46.5. The van der Waals surface area contributed by atoms with Crippen molar-refractivity contribution in [2.75, 3.05) is 41.7 Å².